The fourth-order valence-corrected chi connectivity index (χ4v) is 1.62. The first-order valence-corrected chi connectivity index (χ1v) is 6.24. The van der Waals surface area contributed by atoms with Crippen molar-refractivity contribution in [3.05, 3.63) is 24.2 Å². The number of ether oxygens (including phenoxy) is 1. The van der Waals surface area contributed by atoms with Crippen LogP contribution in [-0.4, -0.2) is 30.4 Å². The molecule has 98 valence electrons. The Bertz CT molecular complexity index is 274. The van der Waals surface area contributed by atoms with Crippen molar-refractivity contribution in [3.63, 3.8) is 0 Å². The summed E-state index contributed by atoms with van der Waals surface area (Å²) in [4.78, 5) is 0. The zero-order valence-electron chi connectivity index (χ0n) is 10.7. The summed E-state index contributed by atoms with van der Waals surface area (Å²) in [6.07, 6.45) is 3.42. The van der Waals surface area contributed by atoms with Gasteiger partial charge in [-0.2, -0.15) is 0 Å². The lowest BCUT2D eigenvalue weighted by Crippen LogP contribution is -2.35. The summed E-state index contributed by atoms with van der Waals surface area (Å²) in [6, 6.07) is 4.12. The van der Waals surface area contributed by atoms with Gasteiger partial charge >= 0.3 is 0 Å². The van der Waals surface area contributed by atoms with E-state index in [2.05, 4.69) is 19.2 Å². The number of furan rings is 1. The van der Waals surface area contributed by atoms with Gasteiger partial charge in [-0.3, -0.25) is 0 Å². The maximum Gasteiger partial charge on any atom is 0.129 e. The zero-order valence-corrected chi connectivity index (χ0v) is 10.7. The topological polar surface area (TPSA) is 54.6 Å². The lowest BCUT2D eigenvalue weighted by Gasteiger charge is -2.16. The Kier molecular flexibility index (Phi) is 6.93. The van der Waals surface area contributed by atoms with Crippen LogP contribution >= 0.6 is 0 Å². The lowest BCUT2D eigenvalue weighted by atomic mass is 10.2. The molecule has 2 atom stereocenters. The molecular formula is C13H23NO3. The summed E-state index contributed by atoms with van der Waals surface area (Å²) in [5.74, 6) is 0.782. The molecule has 2 unspecified atom stereocenters. The predicted molar refractivity (Wildman–Crippen MR) is 66.7 cm³/mol. The van der Waals surface area contributed by atoms with Crippen LogP contribution in [0.3, 0.4) is 0 Å². The van der Waals surface area contributed by atoms with E-state index in [4.69, 9.17) is 9.15 Å². The predicted octanol–water partition coefficient (Wildman–Crippen LogP) is 1.94. The van der Waals surface area contributed by atoms with Gasteiger partial charge in [0.25, 0.3) is 0 Å². The van der Waals surface area contributed by atoms with E-state index < -0.39 is 6.10 Å². The van der Waals surface area contributed by atoms with Crippen LogP contribution in [0.5, 0.6) is 0 Å². The molecule has 4 heteroatoms. The summed E-state index contributed by atoms with van der Waals surface area (Å²) < 4.78 is 10.5. The van der Waals surface area contributed by atoms with E-state index in [9.17, 15) is 5.11 Å². The van der Waals surface area contributed by atoms with Crippen molar-refractivity contribution in [3.8, 4) is 0 Å². The van der Waals surface area contributed by atoms with Crippen molar-refractivity contribution < 1.29 is 14.3 Å². The molecule has 0 saturated heterocycles. The summed E-state index contributed by atoms with van der Waals surface area (Å²) in [5.41, 5.74) is 0. The van der Waals surface area contributed by atoms with E-state index in [1.165, 1.54) is 0 Å². The van der Waals surface area contributed by atoms with Crippen LogP contribution in [-0.2, 0) is 11.3 Å². The normalized spacial score (nSPS) is 14.8. The molecule has 1 rings (SSSR count). The van der Waals surface area contributed by atoms with E-state index in [1.807, 2.05) is 12.1 Å². The quantitative estimate of drug-likeness (QED) is 0.693. The maximum atomic E-state index is 9.68. The second-order valence-electron chi connectivity index (χ2n) is 4.35. The number of nitrogens with one attached hydrogen (secondary N) is 1. The third-order valence-electron chi connectivity index (χ3n) is 2.56. The van der Waals surface area contributed by atoms with Gasteiger partial charge in [-0.05, 0) is 25.5 Å². The van der Waals surface area contributed by atoms with Crippen molar-refractivity contribution in [1.82, 2.24) is 5.32 Å². The average molecular weight is 241 g/mol. The first kappa shape index (κ1) is 14.2. The molecule has 0 aliphatic rings. The molecule has 0 amide bonds. The van der Waals surface area contributed by atoms with Gasteiger partial charge in [-0.25, -0.2) is 0 Å². The highest BCUT2D eigenvalue weighted by Crippen LogP contribution is 2.02. The van der Waals surface area contributed by atoms with Crippen molar-refractivity contribution in [2.75, 3.05) is 13.2 Å². The van der Waals surface area contributed by atoms with Crippen LogP contribution in [0.15, 0.2) is 22.8 Å². The van der Waals surface area contributed by atoms with Gasteiger partial charge in [-0.15, -0.1) is 0 Å². The highest BCUT2D eigenvalue weighted by atomic mass is 16.5. The van der Waals surface area contributed by atoms with E-state index >= 15 is 0 Å². The molecule has 2 N–H and O–H groups in total. The Labute approximate surface area is 103 Å². The zero-order chi connectivity index (χ0) is 12.5. The number of hydrogen-bond donors (Lipinski definition) is 2. The molecule has 0 fully saturated rings. The number of hydrogen-bond acceptors (Lipinski definition) is 4. The Balaban J connectivity index is 2.03. The van der Waals surface area contributed by atoms with Gasteiger partial charge < -0.3 is 19.6 Å². The molecule has 17 heavy (non-hydrogen) atoms. The van der Waals surface area contributed by atoms with E-state index in [1.54, 1.807) is 6.26 Å². The Morgan fingerprint density at radius 1 is 1.53 bits per heavy atom. The molecule has 1 heterocycles. The van der Waals surface area contributed by atoms with Gasteiger partial charge in [0.1, 0.15) is 12.4 Å². The lowest BCUT2D eigenvalue weighted by molar-refractivity contribution is 0.0216. The van der Waals surface area contributed by atoms with Crippen LogP contribution < -0.4 is 5.32 Å². The van der Waals surface area contributed by atoms with E-state index in [0.717, 1.165) is 18.6 Å². The Morgan fingerprint density at radius 3 is 3.00 bits per heavy atom. The van der Waals surface area contributed by atoms with Crippen LogP contribution in [0.25, 0.3) is 0 Å². The monoisotopic (exact) mass is 241 g/mol. The molecule has 0 aromatic carbocycles. The van der Waals surface area contributed by atoms with Crippen LogP contribution in [0.1, 0.15) is 32.4 Å². The van der Waals surface area contributed by atoms with Crippen LogP contribution in [0.4, 0.5) is 0 Å². The summed E-state index contributed by atoms with van der Waals surface area (Å²) in [6.45, 7) is 5.58. The smallest absolute Gasteiger partial charge is 0.129 e. The third kappa shape index (κ3) is 6.46. The largest absolute Gasteiger partial charge is 0.467 e. The Morgan fingerprint density at radius 2 is 2.35 bits per heavy atom. The number of rotatable bonds is 9. The van der Waals surface area contributed by atoms with Gasteiger partial charge in [-0.1, -0.05) is 13.3 Å². The van der Waals surface area contributed by atoms with E-state index in [-0.39, 0.29) is 0 Å². The van der Waals surface area contributed by atoms with Crippen molar-refractivity contribution in [2.24, 2.45) is 0 Å². The molecule has 0 saturated carbocycles. The van der Waals surface area contributed by atoms with E-state index in [0.29, 0.717) is 25.8 Å². The molecule has 1 aromatic heterocycles. The molecule has 0 radical (unpaired) electrons. The number of aliphatic hydroxyl groups excluding tert-OH is 1. The number of aliphatic hydroxyl groups is 1. The summed E-state index contributed by atoms with van der Waals surface area (Å²) in [7, 11) is 0. The fourth-order valence-electron chi connectivity index (χ4n) is 1.62. The molecule has 0 bridgehead atoms. The van der Waals surface area contributed by atoms with Crippen molar-refractivity contribution in [1.29, 1.82) is 0 Å². The van der Waals surface area contributed by atoms with Gasteiger partial charge in [0.15, 0.2) is 0 Å². The first-order chi connectivity index (χ1) is 8.22. The third-order valence-corrected chi connectivity index (χ3v) is 2.56. The molecule has 0 aliphatic carbocycles. The Hall–Kier alpha value is -0.840. The van der Waals surface area contributed by atoms with Crippen LogP contribution in [0.2, 0.25) is 0 Å². The highest BCUT2D eigenvalue weighted by molar-refractivity contribution is 4.96. The second kappa shape index (κ2) is 8.28. The SMILES string of the molecule is CCCC(C)NCC(O)COCc1ccco1. The van der Waals surface area contributed by atoms with Gasteiger partial charge in [0, 0.05) is 12.6 Å². The maximum absolute atomic E-state index is 9.68. The average Bonchev–Trinajstić information content (AvgIpc) is 2.80. The van der Waals surface area contributed by atoms with Crippen molar-refractivity contribution in [2.45, 2.75) is 45.4 Å². The minimum atomic E-state index is -0.468. The highest BCUT2D eigenvalue weighted by Gasteiger charge is 2.07. The summed E-state index contributed by atoms with van der Waals surface area (Å²) >= 11 is 0. The molecule has 0 aliphatic heterocycles. The van der Waals surface area contributed by atoms with Gasteiger partial charge in [0.2, 0.25) is 0 Å². The van der Waals surface area contributed by atoms with Crippen LogP contribution in [0, 0.1) is 0 Å². The first-order valence-electron chi connectivity index (χ1n) is 6.24. The molecule has 4 nitrogen and oxygen atoms in total. The standard InChI is InChI=1S/C13H23NO3/c1-3-5-11(2)14-8-12(15)9-16-10-13-6-4-7-17-13/h4,6-7,11-12,14-15H,3,5,8-10H2,1-2H3. The van der Waals surface area contributed by atoms with Crippen molar-refractivity contribution >= 4 is 0 Å². The van der Waals surface area contributed by atoms with Gasteiger partial charge in [0.05, 0.1) is 19.0 Å². The minimum Gasteiger partial charge on any atom is -0.467 e. The molecular weight excluding hydrogens is 218 g/mol. The molecule has 1 aromatic rings. The minimum absolute atomic E-state index is 0.326. The molecule has 0 spiro atoms. The second-order valence-corrected chi connectivity index (χ2v) is 4.35. The fraction of sp³-hybridized carbons (Fsp3) is 0.692. The summed E-state index contributed by atoms with van der Waals surface area (Å²) in [5, 5.41) is 13.0.